The molecule has 0 atom stereocenters. The van der Waals surface area contributed by atoms with Crippen LogP contribution in [0.4, 0.5) is 17.6 Å². The Bertz CT molecular complexity index is 837. The lowest BCUT2D eigenvalue weighted by Crippen LogP contribution is -2.10. The SMILES string of the molecule is CCn1c(CNSc2ccc(F)nc2)nc2ccc(C(F)F)cc21.CF. The molecule has 0 spiro atoms. The monoisotopic (exact) mass is 386 g/mol. The van der Waals surface area contributed by atoms with Gasteiger partial charge in [-0.1, -0.05) is 6.07 Å². The first kappa shape index (κ1) is 20.2. The summed E-state index contributed by atoms with van der Waals surface area (Å²) >= 11 is 1.31. The van der Waals surface area contributed by atoms with Crippen molar-refractivity contribution < 1.29 is 17.6 Å². The van der Waals surface area contributed by atoms with Gasteiger partial charge in [-0.3, -0.25) is 9.11 Å². The zero-order chi connectivity index (χ0) is 19.1. The van der Waals surface area contributed by atoms with Gasteiger partial charge < -0.3 is 4.57 Å². The number of benzene rings is 1. The molecule has 0 aliphatic heterocycles. The van der Waals surface area contributed by atoms with Crippen molar-refractivity contribution in [2.75, 3.05) is 7.18 Å². The van der Waals surface area contributed by atoms with E-state index in [-0.39, 0.29) is 5.56 Å². The Hall–Kier alpha value is -2.13. The number of fused-ring (bicyclic) bond motifs is 1. The number of hydrogen-bond donors (Lipinski definition) is 1. The van der Waals surface area contributed by atoms with Gasteiger partial charge in [-0.15, -0.1) is 0 Å². The van der Waals surface area contributed by atoms with Crippen molar-refractivity contribution in [3.8, 4) is 0 Å². The maximum atomic E-state index is 12.9. The Kier molecular flexibility index (Phi) is 7.40. The maximum Gasteiger partial charge on any atom is 0.263 e. The number of halogens is 4. The second-order valence-corrected chi connectivity index (χ2v) is 6.03. The third kappa shape index (κ3) is 4.73. The number of rotatable bonds is 6. The molecule has 0 bridgehead atoms. The second kappa shape index (κ2) is 9.54. The quantitative estimate of drug-likeness (QED) is 0.371. The highest BCUT2D eigenvalue weighted by atomic mass is 32.2. The number of aryl methyl sites for hydroxylation is 1. The number of alkyl halides is 3. The first-order valence-electron chi connectivity index (χ1n) is 7.74. The van der Waals surface area contributed by atoms with E-state index in [1.807, 2.05) is 11.5 Å². The van der Waals surface area contributed by atoms with E-state index in [1.54, 1.807) is 12.1 Å². The van der Waals surface area contributed by atoms with Gasteiger partial charge in [0.05, 0.1) is 24.8 Å². The van der Waals surface area contributed by atoms with Crippen molar-refractivity contribution >= 4 is 23.0 Å². The summed E-state index contributed by atoms with van der Waals surface area (Å²) in [7, 11) is 0.500. The minimum Gasteiger partial charge on any atom is -0.327 e. The Morgan fingerprint density at radius 3 is 2.58 bits per heavy atom. The third-order valence-corrected chi connectivity index (χ3v) is 4.31. The Balaban J connectivity index is 0.00000117. The van der Waals surface area contributed by atoms with Crippen LogP contribution in [0.2, 0.25) is 0 Å². The highest BCUT2D eigenvalue weighted by Crippen LogP contribution is 2.25. The summed E-state index contributed by atoms with van der Waals surface area (Å²) in [5.74, 6) is 0.225. The van der Waals surface area contributed by atoms with Crippen molar-refractivity contribution in [3.05, 3.63) is 53.9 Å². The van der Waals surface area contributed by atoms with Gasteiger partial charge in [-0.05, 0) is 43.1 Å². The van der Waals surface area contributed by atoms with Gasteiger partial charge >= 0.3 is 0 Å². The van der Waals surface area contributed by atoms with E-state index in [0.717, 1.165) is 10.7 Å². The summed E-state index contributed by atoms with van der Waals surface area (Å²) in [6.07, 6.45) is -1.07. The molecule has 0 amide bonds. The molecule has 9 heteroatoms. The molecule has 3 rings (SSSR count). The Labute approximate surface area is 152 Å². The number of imidazole rings is 1. The summed E-state index contributed by atoms with van der Waals surface area (Å²) in [5.41, 5.74) is 1.37. The average Bonchev–Trinajstić information content (AvgIpc) is 3.01. The van der Waals surface area contributed by atoms with Crippen LogP contribution >= 0.6 is 11.9 Å². The molecule has 1 aromatic carbocycles. The van der Waals surface area contributed by atoms with E-state index in [0.29, 0.717) is 31.3 Å². The predicted molar refractivity (Wildman–Crippen MR) is 94.3 cm³/mol. The van der Waals surface area contributed by atoms with Crippen LogP contribution in [0.25, 0.3) is 11.0 Å². The molecule has 1 N–H and O–H groups in total. The maximum absolute atomic E-state index is 12.9. The lowest BCUT2D eigenvalue weighted by molar-refractivity contribution is 0.151. The van der Waals surface area contributed by atoms with Crippen LogP contribution in [0.5, 0.6) is 0 Å². The molecule has 0 aliphatic rings. The zero-order valence-electron chi connectivity index (χ0n) is 14.2. The van der Waals surface area contributed by atoms with Crippen molar-refractivity contribution in [2.24, 2.45) is 0 Å². The van der Waals surface area contributed by atoms with Crippen molar-refractivity contribution in [1.82, 2.24) is 19.3 Å². The van der Waals surface area contributed by atoms with Crippen LogP contribution < -0.4 is 4.72 Å². The fourth-order valence-electron chi connectivity index (χ4n) is 2.42. The summed E-state index contributed by atoms with van der Waals surface area (Å²) in [5, 5.41) is 0. The van der Waals surface area contributed by atoms with Crippen LogP contribution in [0, 0.1) is 5.95 Å². The first-order chi connectivity index (χ1) is 12.6. The summed E-state index contributed by atoms with van der Waals surface area (Å²) in [4.78, 5) is 8.85. The minimum absolute atomic E-state index is 0.0108. The molecule has 2 heterocycles. The molecule has 0 fully saturated rings. The van der Waals surface area contributed by atoms with E-state index in [4.69, 9.17) is 0 Å². The van der Waals surface area contributed by atoms with Crippen molar-refractivity contribution in [1.29, 1.82) is 0 Å². The molecular weight excluding hydrogens is 368 g/mol. The highest BCUT2D eigenvalue weighted by Gasteiger charge is 2.13. The summed E-state index contributed by atoms with van der Waals surface area (Å²) < 4.78 is 53.1. The molecule has 0 unspecified atom stereocenters. The van der Waals surface area contributed by atoms with E-state index in [2.05, 4.69) is 14.7 Å². The third-order valence-electron chi connectivity index (χ3n) is 3.54. The van der Waals surface area contributed by atoms with Gasteiger partial charge in [0.2, 0.25) is 5.95 Å². The molecule has 0 saturated carbocycles. The van der Waals surface area contributed by atoms with Gasteiger partial charge in [0.25, 0.3) is 6.43 Å². The molecule has 26 heavy (non-hydrogen) atoms. The number of pyridine rings is 1. The molecule has 2 aromatic heterocycles. The Morgan fingerprint density at radius 1 is 1.19 bits per heavy atom. The second-order valence-electron chi connectivity index (χ2n) is 5.06. The molecule has 3 aromatic rings. The number of nitrogens with one attached hydrogen (secondary N) is 1. The van der Waals surface area contributed by atoms with Crippen molar-refractivity contribution in [2.45, 2.75) is 31.3 Å². The van der Waals surface area contributed by atoms with Gasteiger partial charge in [0, 0.05) is 23.2 Å². The molecular formula is C17H18F4N4S. The minimum atomic E-state index is -2.50. The normalized spacial score (nSPS) is 10.9. The van der Waals surface area contributed by atoms with E-state index < -0.39 is 12.4 Å². The fraction of sp³-hybridized carbons (Fsp3) is 0.294. The van der Waals surface area contributed by atoms with Crippen LogP contribution in [-0.2, 0) is 13.1 Å². The summed E-state index contributed by atoms with van der Waals surface area (Å²) in [6, 6.07) is 7.41. The molecule has 140 valence electrons. The van der Waals surface area contributed by atoms with Gasteiger partial charge in [0.1, 0.15) is 5.82 Å². The van der Waals surface area contributed by atoms with E-state index >= 15 is 0 Å². The Morgan fingerprint density at radius 2 is 1.96 bits per heavy atom. The predicted octanol–water partition coefficient (Wildman–Crippen LogP) is 4.91. The lowest BCUT2D eigenvalue weighted by atomic mass is 10.2. The van der Waals surface area contributed by atoms with E-state index in [1.165, 1.54) is 36.3 Å². The highest BCUT2D eigenvalue weighted by molar-refractivity contribution is 7.97. The zero-order valence-corrected chi connectivity index (χ0v) is 15.0. The number of hydrogen-bond acceptors (Lipinski definition) is 4. The first-order valence-corrected chi connectivity index (χ1v) is 8.56. The molecule has 0 saturated heterocycles. The fourth-order valence-corrected chi connectivity index (χ4v) is 3.03. The van der Waals surface area contributed by atoms with Crippen LogP contribution in [-0.4, -0.2) is 21.7 Å². The summed E-state index contributed by atoms with van der Waals surface area (Å²) in [6.45, 7) is 3.01. The molecule has 4 nitrogen and oxygen atoms in total. The molecule has 0 aliphatic carbocycles. The van der Waals surface area contributed by atoms with E-state index in [9.17, 15) is 17.6 Å². The van der Waals surface area contributed by atoms with Gasteiger partial charge in [-0.25, -0.2) is 18.7 Å². The van der Waals surface area contributed by atoms with Crippen molar-refractivity contribution in [3.63, 3.8) is 0 Å². The van der Waals surface area contributed by atoms with Crippen LogP contribution in [0.1, 0.15) is 24.7 Å². The van der Waals surface area contributed by atoms with Gasteiger partial charge in [-0.2, -0.15) is 4.39 Å². The van der Waals surface area contributed by atoms with Crippen LogP contribution in [0.3, 0.4) is 0 Å². The topological polar surface area (TPSA) is 42.7 Å². The number of nitrogens with zero attached hydrogens (tertiary/aromatic N) is 3. The smallest absolute Gasteiger partial charge is 0.263 e. The standard InChI is InChI=1S/C16H15F3N4S.CH3F/c1-2-23-13-7-10(16(18)19)3-5-12(13)22-15(23)9-21-24-11-4-6-14(17)20-8-11;1-2/h3-8,16,21H,2,9H2,1H3;1H3. The largest absolute Gasteiger partial charge is 0.327 e. The van der Waals surface area contributed by atoms with Crippen LogP contribution in [0.15, 0.2) is 41.4 Å². The number of aromatic nitrogens is 3. The van der Waals surface area contributed by atoms with Gasteiger partial charge in [0.15, 0.2) is 0 Å². The lowest BCUT2D eigenvalue weighted by Gasteiger charge is -2.07. The average molecular weight is 386 g/mol. The molecule has 0 radical (unpaired) electrons.